The van der Waals surface area contributed by atoms with E-state index in [9.17, 15) is 4.79 Å². The van der Waals surface area contributed by atoms with Crippen LogP contribution in [0.25, 0.3) is 22.0 Å². The smallest absolute Gasteiger partial charge is 0.407 e. The first-order valence-corrected chi connectivity index (χ1v) is 8.19. The Labute approximate surface area is 149 Å². The minimum atomic E-state index is -0.414. The van der Waals surface area contributed by atoms with Gasteiger partial charge in [-0.15, -0.1) is 0 Å². The number of pyridine rings is 2. The van der Waals surface area contributed by atoms with Crippen molar-refractivity contribution in [3.63, 3.8) is 0 Å². The van der Waals surface area contributed by atoms with Gasteiger partial charge in [-0.25, -0.2) is 9.78 Å². The number of ether oxygens (including phenoxy) is 3. The number of methoxy groups -OCH3 is 1. The van der Waals surface area contributed by atoms with Crippen molar-refractivity contribution in [3.8, 4) is 22.8 Å². The average Bonchev–Trinajstić information content (AvgIpc) is 3.11. The van der Waals surface area contributed by atoms with Gasteiger partial charge in [0.15, 0.2) is 6.10 Å². The maximum atomic E-state index is 11.2. The van der Waals surface area contributed by atoms with Gasteiger partial charge >= 0.3 is 6.09 Å². The van der Waals surface area contributed by atoms with Crippen LogP contribution in [-0.4, -0.2) is 42.4 Å². The lowest BCUT2D eigenvalue weighted by atomic mass is 10.0. The summed E-state index contributed by atoms with van der Waals surface area (Å²) in [5, 5.41) is 3.52. The number of rotatable bonds is 5. The molecule has 1 aliphatic rings. The Morgan fingerprint density at radius 2 is 2.15 bits per heavy atom. The molecule has 0 bridgehead atoms. The molecule has 0 spiro atoms. The predicted molar refractivity (Wildman–Crippen MR) is 95.3 cm³/mol. The molecule has 3 aromatic rings. The van der Waals surface area contributed by atoms with E-state index in [-0.39, 0.29) is 12.7 Å². The van der Waals surface area contributed by atoms with Crippen LogP contribution in [0, 0.1) is 0 Å². The topological polar surface area (TPSA) is 82.6 Å². The van der Waals surface area contributed by atoms with Gasteiger partial charge in [0, 0.05) is 29.4 Å². The first kappa shape index (κ1) is 16.1. The first-order chi connectivity index (χ1) is 12.7. The Balaban J connectivity index is 1.67. The number of alkyl carbamates (subject to hydrolysis) is 1. The Kier molecular flexibility index (Phi) is 4.27. The molecule has 0 saturated carbocycles. The minimum Gasteiger partial charge on any atom is -0.489 e. The molecule has 0 aliphatic carbocycles. The summed E-state index contributed by atoms with van der Waals surface area (Å²) in [7, 11) is 1.58. The first-order valence-electron chi connectivity index (χ1n) is 8.19. The van der Waals surface area contributed by atoms with Crippen LogP contribution >= 0.6 is 0 Å². The van der Waals surface area contributed by atoms with Crippen molar-refractivity contribution >= 4 is 17.0 Å². The van der Waals surface area contributed by atoms with Crippen LogP contribution in [0.1, 0.15) is 0 Å². The molecule has 1 amide bonds. The van der Waals surface area contributed by atoms with Crippen LogP contribution in [0.5, 0.6) is 11.6 Å². The number of hydrogen-bond donors (Lipinski definition) is 1. The molecule has 7 nitrogen and oxygen atoms in total. The highest BCUT2D eigenvalue weighted by molar-refractivity contribution is 5.90. The van der Waals surface area contributed by atoms with Crippen LogP contribution in [0.15, 0.2) is 48.8 Å². The zero-order valence-electron chi connectivity index (χ0n) is 14.1. The Morgan fingerprint density at radius 1 is 1.23 bits per heavy atom. The third-order valence-corrected chi connectivity index (χ3v) is 4.13. The van der Waals surface area contributed by atoms with Crippen molar-refractivity contribution in [1.29, 1.82) is 0 Å². The van der Waals surface area contributed by atoms with Gasteiger partial charge in [-0.2, -0.15) is 0 Å². The molecule has 1 N–H and O–H groups in total. The van der Waals surface area contributed by atoms with E-state index >= 15 is 0 Å². The maximum Gasteiger partial charge on any atom is 0.407 e. The Morgan fingerprint density at radius 3 is 2.88 bits per heavy atom. The maximum absolute atomic E-state index is 11.2. The molecule has 0 radical (unpaired) electrons. The number of fused-ring (bicyclic) bond motifs is 1. The summed E-state index contributed by atoms with van der Waals surface area (Å²) in [5.41, 5.74) is 2.68. The van der Waals surface area contributed by atoms with E-state index in [1.54, 1.807) is 19.5 Å². The summed E-state index contributed by atoms with van der Waals surface area (Å²) < 4.78 is 16.2. The van der Waals surface area contributed by atoms with Gasteiger partial charge < -0.3 is 19.5 Å². The van der Waals surface area contributed by atoms with Gasteiger partial charge in [0.05, 0.1) is 19.2 Å². The second-order valence-corrected chi connectivity index (χ2v) is 5.85. The predicted octanol–water partition coefficient (Wildman–Crippen LogP) is 2.79. The number of hydrogen-bond acceptors (Lipinski definition) is 6. The molecular formula is C19H17N3O4. The van der Waals surface area contributed by atoms with Crippen LogP contribution in [0.2, 0.25) is 0 Å². The molecule has 4 rings (SSSR count). The summed E-state index contributed by atoms with van der Waals surface area (Å²) in [5.74, 6) is 1.24. The largest absolute Gasteiger partial charge is 0.489 e. The highest BCUT2D eigenvalue weighted by Gasteiger charge is 2.23. The van der Waals surface area contributed by atoms with E-state index in [1.165, 1.54) is 0 Å². The standard InChI is InChI=1S/C19H17N3O4/c1-24-18-5-4-12(9-21-18)13-7-16-15(3-2-6-20-16)17(8-13)25-11-14-10-22-19(23)26-14/h2-9,14H,10-11H2,1H3,(H,22,23)/t14-/m1/s1. The number of cyclic esters (lactones) is 1. The van der Waals surface area contributed by atoms with Gasteiger partial charge in [-0.05, 0) is 35.9 Å². The third-order valence-electron chi connectivity index (χ3n) is 4.13. The number of nitrogens with zero attached hydrogens (tertiary/aromatic N) is 2. The second kappa shape index (κ2) is 6.87. The third kappa shape index (κ3) is 3.23. The molecule has 1 aromatic carbocycles. The fourth-order valence-electron chi connectivity index (χ4n) is 2.81. The number of benzene rings is 1. The molecule has 132 valence electrons. The lowest BCUT2D eigenvalue weighted by molar-refractivity contribution is 0.105. The fourth-order valence-corrected chi connectivity index (χ4v) is 2.81. The SMILES string of the molecule is COc1ccc(-c2cc(OC[C@H]3CNC(=O)O3)c3cccnc3c2)cn1. The van der Waals surface area contributed by atoms with E-state index in [0.29, 0.717) is 18.2 Å². The van der Waals surface area contributed by atoms with Crippen LogP contribution < -0.4 is 14.8 Å². The normalized spacial score (nSPS) is 16.2. The summed E-state index contributed by atoms with van der Waals surface area (Å²) in [6.45, 7) is 0.712. The highest BCUT2D eigenvalue weighted by Crippen LogP contribution is 2.32. The Bertz CT molecular complexity index is 943. The molecule has 3 heterocycles. The van der Waals surface area contributed by atoms with Crippen LogP contribution in [0.4, 0.5) is 4.79 Å². The molecule has 1 atom stereocenters. The number of amides is 1. The number of carbonyl (C=O) groups is 1. The van der Waals surface area contributed by atoms with E-state index in [4.69, 9.17) is 14.2 Å². The average molecular weight is 351 g/mol. The molecule has 26 heavy (non-hydrogen) atoms. The second-order valence-electron chi connectivity index (χ2n) is 5.85. The monoisotopic (exact) mass is 351 g/mol. The quantitative estimate of drug-likeness (QED) is 0.761. The van der Waals surface area contributed by atoms with Crippen LogP contribution in [-0.2, 0) is 4.74 Å². The minimum absolute atomic E-state index is 0.271. The van der Waals surface area contributed by atoms with Gasteiger partial charge in [-0.1, -0.05) is 0 Å². The van der Waals surface area contributed by atoms with E-state index in [0.717, 1.165) is 22.0 Å². The number of nitrogens with one attached hydrogen (secondary N) is 1. The molecular weight excluding hydrogens is 334 g/mol. The highest BCUT2D eigenvalue weighted by atomic mass is 16.6. The van der Waals surface area contributed by atoms with Crippen LogP contribution in [0.3, 0.4) is 0 Å². The summed E-state index contributed by atoms with van der Waals surface area (Å²) in [6, 6.07) is 11.5. The van der Waals surface area contributed by atoms with Gasteiger partial charge in [0.1, 0.15) is 12.4 Å². The van der Waals surface area contributed by atoms with E-state index < -0.39 is 6.09 Å². The number of aromatic nitrogens is 2. The van der Waals surface area contributed by atoms with E-state index in [1.807, 2.05) is 36.4 Å². The van der Waals surface area contributed by atoms with Crippen molar-refractivity contribution in [2.24, 2.45) is 0 Å². The lowest BCUT2D eigenvalue weighted by Gasteiger charge is -2.14. The molecule has 1 saturated heterocycles. The summed E-state index contributed by atoms with van der Waals surface area (Å²) >= 11 is 0. The Hall–Kier alpha value is -3.35. The zero-order valence-corrected chi connectivity index (χ0v) is 14.1. The van der Waals surface area contributed by atoms with Crippen molar-refractivity contribution in [2.45, 2.75) is 6.10 Å². The fraction of sp³-hybridized carbons (Fsp3) is 0.211. The van der Waals surface area contributed by atoms with Gasteiger partial charge in [0.2, 0.25) is 5.88 Å². The lowest BCUT2D eigenvalue weighted by Crippen LogP contribution is -2.22. The molecule has 1 fully saturated rings. The molecule has 0 unspecified atom stereocenters. The summed E-state index contributed by atoms with van der Waals surface area (Å²) in [6.07, 6.45) is 2.77. The molecule has 7 heteroatoms. The zero-order chi connectivity index (χ0) is 17.9. The van der Waals surface area contributed by atoms with Crippen molar-refractivity contribution in [2.75, 3.05) is 20.3 Å². The van der Waals surface area contributed by atoms with Crippen molar-refractivity contribution < 1.29 is 19.0 Å². The van der Waals surface area contributed by atoms with Crippen molar-refractivity contribution in [3.05, 3.63) is 48.8 Å². The number of carbonyl (C=O) groups excluding carboxylic acids is 1. The molecule has 1 aliphatic heterocycles. The van der Waals surface area contributed by atoms with E-state index in [2.05, 4.69) is 15.3 Å². The summed E-state index contributed by atoms with van der Waals surface area (Å²) in [4.78, 5) is 19.8. The molecule has 2 aromatic heterocycles. The van der Waals surface area contributed by atoms with Gasteiger partial charge in [0.25, 0.3) is 0 Å². The van der Waals surface area contributed by atoms with Gasteiger partial charge in [-0.3, -0.25) is 4.98 Å². The van der Waals surface area contributed by atoms with Crippen molar-refractivity contribution in [1.82, 2.24) is 15.3 Å².